The van der Waals surface area contributed by atoms with E-state index in [2.05, 4.69) is 6.58 Å². The third kappa shape index (κ3) is 4.07. The van der Waals surface area contributed by atoms with Crippen LogP contribution in [0.2, 0.25) is 0 Å². The Morgan fingerprint density at radius 2 is 1.94 bits per heavy atom. The Morgan fingerprint density at radius 3 is 2.50 bits per heavy atom. The fourth-order valence-corrected chi connectivity index (χ4v) is 2.39. The van der Waals surface area contributed by atoms with Crippen LogP contribution in [0.1, 0.15) is 46.5 Å². The number of aliphatic hydroxyl groups excluding tert-OH is 1. The van der Waals surface area contributed by atoms with Crippen LogP contribution in [0, 0.1) is 5.92 Å². The second kappa shape index (κ2) is 5.81. The van der Waals surface area contributed by atoms with Crippen molar-refractivity contribution in [1.29, 1.82) is 0 Å². The number of hydrogen-bond acceptors (Lipinski definition) is 3. The molecule has 2 N–H and O–H groups in total. The molecule has 2 atom stereocenters. The first-order chi connectivity index (χ1) is 8.21. The first-order valence-electron chi connectivity index (χ1n) is 6.50. The molecular weight excluding hydrogens is 228 g/mol. The van der Waals surface area contributed by atoms with Gasteiger partial charge in [0, 0.05) is 12.3 Å². The van der Waals surface area contributed by atoms with Gasteiger partial charge in [0.05, 0.1) is 11.7 Å². The highest BCUT2D eigenvalue weighted by molar-refractivity contribution is 5.94. The second-order valence-corrected chi connectivity index (χ2v) is 5.83. The molecule has 0 saturated carbocycles. The third-order valence-corrected chi connectivity index (χ3v) is 3.67. The Balaban J connectivity index is 2.97. The molecule has 0 radical (unpaired) electrons. The van der Waals surface area contributed by atoms with Gasteiger partial charge in [-0.25, -0.2) is 0 Å². The average Bonchev–Trinajstić information content (AvgIpc) is 2.22. The van der Waals surface area contributed by atoms with Gasteiger partial charge in [0.25, 0.3) is 0 Å². The summed E-state index contributed by atoms with van der Waals surface area (Å²) < 4.78 is 0. The number of rotatable bonds is 1. The maximum Gasteiger partial charge on any atom is 0.158 e. The Morgan fingerprint density at radius 1 is 1.33 bits per heavy atom. The Bertz CT molecular complexity index is 360. The van der Waals surface area contributed by atoms with Crippen molar-refractivity contribution < 1.29 is 15.0 Å². The molecule has 18 heavy (non-hydrogen) atoms. The van der Waals surface area contributed by atoms with E-state index in [0.29, 0.717) is 31.3 Å². The summed E-state index contributed by atoms with van der Waals surface area (Å²) in [6.07, 6.45) is 3.31. The molecule has 2 unspecified atom stereocenters. The molecule has 0 bridgehead atoms. The summed E-state index contributed by atoms with van der Waals surface area (Å²) >= 11 is 0. The first-order valence-corrected chi connectivity index (χ1v) is 6.50. The average molecular weight is 252 g/mol. The van der Waals surface area contributed by atoms with Gasteiger partial charge < -0.3 is 10.2 Å². The standard InChI is InChI=1S/C15H24O3/c1-10-5-8-13(16)11(2)6-7-12(14(17)9-10)15(3,4)18/h9,12,14,17-18H,2,5-8H2,1,3-4H3. The van der Waals surface area contributed by atoms with Crippen LogP contribution in [0.25, 0.3) is 0 Å². The molecule has 1 rings (SSSR count). The van der Waals surface area contributed by atoms with Gasteiger partial charge in [-0.2, -0.15) is 0 Å². The SMILES string of the molecule is C=C1CCC(C(C)(C)O)C(O)C=C(C)CCC1=O. The van der Waals surface area contributed by atoms with E-state index in [9.17, 15) is 15.0 Å². The predicted octanol–water partition coefficient (Wildman–Crippen LogP) is 2.38. The van der Waals surface area contributed by atoms with Crippen LogP contribution in [-0.2, 0) is 4.79 Å². The number of allylic oxidation sites excluding steroid dienone is 2. The molecule has 0 saturated heterocycles. The van der Waals surface area contributed by atoms with Crippen LogP contribution in [0.3, 0.4) is 0 Å². The van der Waals surface area contributed by atoms with E-state index in [1.165, 1.54) is 0 Å². The van der Waals surface area contributed by atoms with Crippen molar-refractivity contribution in [3.8, 4) is 0 Å². The molecule has 1 aliphatic rings. The second-order valence-electron chi connectivity index (χ2n) is 5.83. The van der Waals surface area contributed by atoms with E-state index in [4.69, 9.17) is 0 Å². The number of carbonyl (C=O) groups excluding carboxylic acids is 1. The van der Waals surface area contributed by atoms with Crippen molar-refractivity contribution in [3.63, 3.8) is 0 Å². The van der Waals surface area contributed by atoms with Crippen molar-refractivity contribution in [3.05, 3.63) is 23.8 Å². The van der Waals surface area contributed by atoms with Crippen molar-refractivity contribution in [2.75, 3.05) is 0 Å². The summed E-state index contributed by atoms with van der Waals surface area (Å²) in [5, 5.41) is 20.3. The number of aliphatic hydroxyl groups is 2. The van der Waals surface area contributed by atoms with E-state index < -0.39 is 11.7 Å². The molecule has 102 valence electrons. The van der Waals surface area contributed by atoms with E-state index in [0.717, 1.165) is 5.57 Å². The number of Topliss-reactive ketones (excluding diaryl/α,β-unsaturated/α-hetero) is 1. The third-order valence-electron chi connectivity index (χ3n) is 3.67. The molecule has 0 aromatic carbocycles. The summed E-state index contributed by atoms with van der Waals surface area (Å²) in [4.78, 5) is 11.8. The van der Waals surface area contributed by atoms with Gasteiger partial charge in [0.2, 0.25) is 0 Å². The molecule has 0 heterocycles. The highest BCUT2D eigenvalue weighted by atomic mass is 16.3. The minimum atomic E-state index is -0.973. The Hall–Kier alpha value is -0.930. The lowest BCUT2D eigenvalue weighted by molar-refractivity contribution is -0.115. The molecule has 3 nitrogen and oxygen atoms in total. The predicted molar refractivity (Wildman–Crippen MR) is 72.2 cm³/mol. The normalized spacial score (nSPS) is 27.9. The van der Waals surface area contributed by atoms with E-state index >= 15 is 0 Å². The van der Waals surface area contributed by atoms with E-state index in [1.54, 1.807) is 19.9 Å². The topological polar surface area (TPSA) is 57.5 Å². The monoisotopic (exact) mass is 252 g/mol. The van der Waals surface area contributed by atoms with Gasteiger partial charge in [0.1, 0.15) is 0 Å². The Kier molecular flexibility index (Phi) is 4.88. The fourth-order valence-electron chi connectivity index (χ4n) is 2.39. The zero-order chi connectivity index (χ0) is 13.9. The molecule has 0 fully saturated rings. The van der Waals surface area contributed by atoms with Crippen molar-refractivity contribution in [2.45, 2.75) is 58.2 Å². The highest BCUT2D eigenvalue weighted by Crippen LogP contribution is 2.29. The summed E-state index contributed by atoms with van der Waals surface area (Å²) in [6, 6.07) is 0. The lowest BCUT2D eigenvalue weighted by atomic mass is 9.80. The number of carbonyl (C=O) groups is 1. The zero-order valence-corrected chi connectivity index (χ0v) is 11.6. The van der Waals surface area contributed by atoms with Crippen LogP contribution in [0.15, 0.2) is 23.8 Å². The maximum absolute atomic E-state index is 11.8. The molecule has 0 aromatic heterocycles. The largest absolute Gasteiger partial charge is 0.390 e. The molecule has 0 amide bonds. The highest BCUT2D eigenvalue weighted by Gasteiger charge is 2.32. The van der Waals surface area contributed by atoms with Gasteiger partial charge in [-0.15, -0.1) is 0 Å². The van der Waals surface area contributed by atoms with Crippen LogP contribution < -0.4 is 0 Å². The first kappa shape index (κ1) is 15.1. The quantitative estimate of drug-likeness (QED) is 0.556. The van der Waals surface area contributed by atoms with E-state index in [1.807, 2.05) is 6.92 Å². The van der Waals surface area contributed by atoms with E-state index in [-0.39, 0.29) is 11.7 Å². The van der Waals surface area contributed by atoms with Gasteiger partial charge >= 0.3 is 0 Å². The minimum absolute atomic E-state index is 0.0913. The molecule has 3 heteroatoms. The van der Waals surface area contributed by atoms with Crippen LogP contribution in [0.5, 0.6) is 0 Å². The number of ketones is 1. The minimum Gasteiger partial charge on any atom is -0.390 e. The number of hydrogen-bond donors (Lipinski definition) is 2. The van der Waals surface area contributed by atoms with Crippen LogP contribution in [0.4, 0.5) is 0 Å². The van der Waals surface area contributed by atoms with Crippen LogP contribution in [-0.4, -0.2) is 27.7 Å². The summed E-state index contributed by atoms with van der Waals surface area (Å²) in [6.45, 7) is 9.10. The maximum atomic E-state index is 11.8. The van der Waals surface area contributed by atoms with Gasteiger partial charge in [-0.3, -0.25) is 4.79 Å². The van der Waals surface area contributed by atoms with Crippen molar-refractivity contribution in [2.24, 2.45) is 5.92 Å². The van der Waals surface area contributed by atoms with Gasteiger partial charge in [-0.1, -0.05) is 18.2 Å². The Labute approximate surface area is 109 Å². The van der Waals surface area contributed by atoms with Crippen LogP contribution >= 0.6 is 0 Å². The molecule has 1 aliphatic carbocycles. The summed E-state index contributed by atoms with van der Waals surface area (Å²) in [7, 11) is 0. The lowest BCUT2D eigenvalue weighted by Gasteiger charge is -2.33. The lowest BCUT2D eigenvalue weighted by Crippen LogP contribution is -2.39. The molecular formula is C15H24O3. The van der Waals surface area contributed by atoms with Crippen molar-refractivity contribution in [1.82, 2.24) is 0 Å². The van der Waals surface area contributed by atoms with Gasteiger partial charge in [-0.05, 0) is 45.6 Å². The molecule has 0 spiro atoms. The molecule has 0 aliphatic heterocycles. The summed E-state index contributed by atoms with van der Waals surface area (Å²) in [5.74, 6) is -0.191. The fraction of sp³-hybridized carbons (Fsp3) is 0.667. The summed E-state index contributed by atoms with van der Waals surface area (Å²) in [5.41, 5.74) is 0.615. The van der Waals surface area contributed by atoms with Crippen molar-refractivity contribution >= 4 is 5.78 Å². The zero-order valence-electron chi connectivity index (χ0n) is 11.6. The smallest absolute Gasteiger partial charge is 0.158 e. The van der Waals surface area contributed by atoms with Gasteiger partial charge in [0.15, 0.2) is 5.78 Å². The molecule has 0 aromatic rings.